The average molecular weight is 900 g/mol. The van der Waals surface area contributed by atoms with Crippen LogP contribution in [0, 0.1) is 0 Å². The van der Waals surface area contributed by atoms with E-state index in [0.29, 0.717) is 49.8 Å². The molecule has 5 heteroatoms. The molecule has 10 aromatic carbocycles. The number of para-hydroxylation sites is 8. The van der Waals surface area contributed by atoms with Crippen LogP contribution in [0.1, 0.15) is 11.0 Å². The fourth-order valence-electron chi connectivity index (χ4n) is 11.1. The van der Waals surface area contributed by atoms with E-state index in [9.17, 15) is 5.48 Å². The van der Waals surface area contributed by atoms with Crippen LogP contribution in [0.5, 0.6) is 0 Å². The van der Waals surface area contributed by atoms with Crippen LogP contribution in [0.25, 0.3) is 132 Å². The fourth-order valence-corrected chi connectivity index (χ4v) is 11.1. The Balaban J connectivity index is 1.13. The third-order valence-electron chi connectivity index (χ3n) is 14.0. The normalized spacial score (nSPS) is 13.6. The van der Waals surface area contributed by atoms with E-state index in [1.54, 1.807) is 0 Å². The molecule has 0 aliphatic heterocycles. The summed E-state index contributed by atoms with van der Waals surface area (Å²) >= 11 is 0. The summed E-state index contributed by atoms with van der Waals surface area (Å²) in [6.45, 7) is 0. The zero-order valence-electron chi connectivity index (χ0n) is 45.3. The highest BCUT2D eigenvalue weighted by molar-refractivity contribution is 6.14. The van der Waals surface area contributed by atoms with Crippen molar-refractivity contribution in [1.82, 2.24) is 23.3 Å². The molecule has 5 nitrogen and oxygen atoms in total. The van der Waals surface area contributed by atoms with Gasteiger partial charge in [-0.2, -0.15) is 0 Å². The number of nitrogens with zero attached hydrogens (tertiary/aromatic N) is 5. The second-order valence-corrected chi connectivity index (χ2v) is 17.7. The SMILES string of the molecule is [2H]c1c([2H])c([2H])c2c(c1[2H])c1ccccc1n2-c1cc(-c2c(-c3ccc4c(c3)c3ccccc3n4-c3ccccc3)cccc2-n2c3ccccc3c3ccccc32)cc(-n2c3ccccc3c3c([2H])c([2H])c([2H])c([2H])c32)n1. The van der Waals surface area contributed by atoms with Crippen molar-refractivity contribution in [2.24, 2.45) is 0 Å². The molecule has 0 bridgehead atoms. The zero-order chi connectivity index (χ0) is 52.8. The van der Waals surface area contributed by atoms with E-state index in [0.717, 1.165) is 71.7 Å². The molecular weight excluding hydrogens is 851 g/mol. The summed E-state index contributed by atoms with van der Waals surface area (Å²) < 4.78 is 81.6. The Labute approximate surface area is 413 Å². The third-order valence-corrected chi connectivity index (χ3v) is 14.0. The molecule has 15 rings (SSSR count). The lowest BCUT2D eigenvalue weighted by Gasteiger charge is -2.21. The molecule has 5 heterocycles. The summed E-state index contributed by atoms with van der Waals surface area (Å²) in [5.41, 5.74) is 11.1. The van der Waals surface area contributed by atoms with Crippen molar-refractivity contribution in [3.8, 4) is 45.3 Å². The first-order valence-electron chi connectivity index (χ1n) is 27.3. The van der Waals surface area contributed by atoms with Crippen LogP contribution in [0.4, 0.5) is 0 Å². The molecule has 0 amide bonds. The van der Waals surface area contributed by atoms with E-state index < -0.39 is 0 Å². The third kappa shape index (κ3) is 5.57. The van der Waals surface area contributed by atoms with Gasteiger partial charge >= 0.3 is 0 Å². The van der Waals surface area contributed by atoms with Crippen LogP contribution in [0.3, 0.4) is 0 Å². The topological polar surface area (TPSA) is 32.6 Å². The minimum Gasteiger partial charge on any atom is -0.309 e. The van der Waals surface area contributed by atoms with Crippen LogP contribution in [0.15, 0.2) is 249 Å². The Kier molecular flexibility index (Phi) is 6.76. The second kappa shape index (κ2) is 15.0. The molecule has 0 radical (unpaired) electrons. The van der Waals surface area contributed by atoms with Crippen LogP contribution in [-0.4, -0.2) is 23.3 Å². The molecule has 70 heavy (non-hydrogen) atoms. The van der Waals surface area contributed by atoms with Gasteiger partial charge < -0.3 is 9.13 Å². The van der Waals surface area contributed by atoms with E-state index in [-0.39, 0.29) is 59.4 Å². The van der Waals surface area contributed by atoms with Crippen molar-refractivity contribution in [1.29, 1.82) is 0 Å². The van der Waals surface area contributed by atoms with Gasteiger partial charge in [-0.1, -0.05) is 164 Å². The highest BCUT2D eigenvalue weighted by Gasteiger charge is 2.24. The van der Waals surface area contributed by atoms with Crippen molar-refractivity contribution >= 4 is 87.2 Å². The van der Waals surface area contributed by atoms with E-state index in [1.165, 1.54) is 0 Å². The minimum atomic E-state index is -0.380. The largest absolute Gasteiger partial charge is 0.309 e. The first-order chi connectivity index (χ1) is 38.1. The molecular formula is C65H41N5. The van der Waals surface area contributed by atoms with Gasteiger partial charge in [0, 0.05) is 54.3 Å². The van der Waals surface area contributed by atoms with Gasteiger partial charge in [-0.3, -0.25) is 9.13 Å². The molecule has 0 N–H and O–H groups in total. The van der Waals surface area contributed by atoms with Gasteiger partial charge in [0.15, 0.2) is 0 Å². The van der Waals surface area contributed by atoms with Crippen LogP contribution >= 0.6 is 0 Å². The van der Waals surface area contributed by atoms with E-state index >= 15 is 0 Å². The number of fused-ring (bicyclic) bond motifs is 12. The molecule has 0 atom stereocenters. The summed E-state index contributed by atoms with van der Waals surface area (Å²) in [5, 5.41) is 6.26. The fraction of sp³-hybridized carbons (Fsp3) is 0. The molecule has 5 aromatic heterocycles. The standard InChI is InChI=1S/C65H41N5/c1-2-19-44(20-3-1)67-54-29-11-10-27-52(54)53-39-42(37-38-61(53)67)45-28-18-36-62(68-55-30-12-4-21-46(55)47-22-5-13-31-56(47)68)65(45)43-40-63(69-57-32-14-6-23-48(57)49-24-7-15-33-58(49)69)66-64(41-43)70-59-34-16-8-25-50(59)51-26-9-17-35-60(51)70/h1-41H/i6D,8D,14D,16D,23D,25D,32D,34D. The van der Waals surface area contributed by atoms with Crippen LogP contribution in [0.2, 0.25) is 0 Å². The van der Waals surface area contributed by atoms with E-state index in [1.807, 2.05) is 75.9 Å². The van der Waals surface area contributed by atoms with Crippen molar-refractivity contribution in [3.63, 3.8) is 0 Å². The lowest BCUT2D eigenvalue weighted by atomic mass is 9.92. The maximum Gasteiger partial charge on any atom is 0.140 e. The highest BCUT2D eigenvalue weighted by atomic mass is 15.1. The number of rotatable bonds is 6. The van der Waals surface area contributed by atoms with Crippen LogP contribution in [-0.2, 0) is 0 Å². The molecule has 0 aliphatic rings. The van der Waals surface area contributed by atoms with Gasteiger partial charge in [-0.15, -0.1) is 0 Å². The van der Waals surface area contributed by atoms with Crippen molar-refractivity contribution in [2.45, 2.75) is 0 Å². The van der Waals surface area contributed by atoms with Gasteiger partial charge in [0.2, 0.25) is 0 Å². The van der Waals surface area contributed by atoms with Crippen molar-refractivity contribution in [3.05, 3.63) is 249 Å². The smallest absolute Gasteiger partial charge is 0.140 e. The molecule has 0 spiro atoms. The Bertz CT molecular complexity index is 4880. The number of hydrogen-bond acceptors (Lipinski definition) is 1. The van der Waals surface area contributed by atoms with Gasteiger partial charge in [0.25, 0.3) is 0 Å². The van der Waals surface area contributed by atoms with Crippen molar-refractivity contribution < 1.29 is 11.0 Å². The lowest BCUT2D eigenvalue weighted by Crippen LogP contribution is -2.06. The first-order valence-corrected chi connectivity index (χ1v) is 23.3. The highest BCUT2D eigenvalue weighted by Crippen LogP contribution is 2.45. The Morgan fingerprint density at radius 2 is 0.743 bits per heavy atom. The predicted molar refractivity (Wildman–Crippen MR) is 292 cm³/mol. The molecule has 0 saturated heterocycles. The van der Waals surface area contributed by atoms with Crippen LogP contribution < -0.4 is 0 Å². The number of benzene rings is 10. The van der Waals surface area contributed by atoms with Gasteiger partial charge in [-0.05, 0) is 102 Å². The summed E-state index contributed by atoms with van der Waals surface area (Å²) in [6, 6.07) is 65.3. The summed E-state index contributed by atoms with van der Waals surface area (Å²) in [4.78, 5) is 5.50. The Hall–Kier alpha value is -9.45. The monoisotopic (exact) mass is 899 g/mol. The molecule has 0 fully saturated rings. The molecule has 15 aromatic rings. The summed E-state index contributed by atoms with van der Waals surface area (Å²) in [5.74, 6) is 0.657. The predicted octanol–water partition coefficient (Wildman–Crippen LogP) is 16.8. The zero-order valence-corrected chi connectivity index (χ0v) is 37.3. The van der Waals surface area contributed by atoms with Crippen molar-refractivity contribution in [2.75, 3.05) is 0 Å². The lowest BCUT2D eigenvalue weighted by molar-refractivity contribution is 1.01. The summed E-state index contributed by atoms with van der Waals surface area (Å²) in [7, 11) is 0. The summed E-state index contributed by atoms with van der Waals surface area (Å²) in [6.07, 6.45) is 0. The van der Waals surface area contributed by atoms with E-state index in [4.69, 9.17) is 10.5 Å². The second-order valence-electron chi connectivity index (χ2n) is 17.7. The Morgan fingerprint density at radius 3 is 1.30 bits per heavy atom. The van der Waals surface area contributed by atoms with E-state index in [2.05, 4.69) is 143 Å². The molecule has 0 unspecified atom stereocenters. The number of pyridine rings is 1. The number of hydrogen-bond donors (Lipinski definition) is 0. The van der Waals surface area contributed by atoms with Gasteiger partial charge in [-0.25, -0.2) is 4.98 Å². The average Bonchev–Trinajstić information content (AvgIpc) is 4.33. The quantitative estimate of drug-likeness (QED) is 0.164. The molecule has 0 saturated carbocycles. The molecule has 326 valence electrons. The Morgan fingerprint density at radius 1 is 0.300 bits per heavy atom. The van der Waals surface area contributed by atoms with Gasteiger partial charge in [0.1, 0.15) is 11.6 Å². The van der Waals surface area contributed by atoms with Gasteiger partial charge in [0.05, 0.1) is 60.8 Å². The first kappa shape index (κ1) is 31.5. The maximum absolute atomic E-state index is 9.54. The maximum atomic E-state index is 9.54. The minimum absolute atomic E-state index is 0.168. The molecule has 0 aliphatic carbocycles. The number of aromatic nitrogens is 5.